The summed E-state index contributed by atoms with van der Waals surface area (Å²) in [5.41, 5.74) is 0.930. The number of unbranched alkanes of at least 4 members (excludes halogenated alkanes) is 3. The van der Waals surface area contributed by atoms with E-state index in [1.54, 1.807) is 17.5 Å². The Balaban J connectivity index is 2.04. The predicted octanol–water partition coefficient (Wildman–Crippen LogP) is 3.69. The molecule has 2 aromatic heterocycles. The first-order valence-electron chi connectivity index (χ1n) is 6.31. The molecule has 0 bridgehead atoms. The van der Waals surface area contributed by atoms with Gasteiger partial charge in [0.15, 0.2) is 0 Å². The molecule has 96 valence electrons. The zero-order valence-corrected chi connectivity index (χ0v) is 11.5. The maximum Gasteiger partial charge on any atom is 0.208 e. The van der Waals surface area contributed by atoms with Crippen LogP contribution in [0.25, 0.3) is 10.3 Å². The van der Waals surface area contributed by atoms with E-state index in [4.69, 9.17) is 0 Å². The van der Waals surface area contributed by atoms with Crippen LogP contribution in [0.5, 0.6) is 0 Å². The topological polar surface area (TPSA) is 41.4 Å². The van der Waals surface area contributed by atoms with Crippen LogP contribution in [0.3, 0.4) is 0 Å². The summed E-state index contributed by atoms with van der Waals surface area (Å²) in [5.74, 6) is 0. The van der Waals surface area contributed by atoms with Crippen LogP contribution in [0, 0.1) is 0 Å². The SMILES string of the molecule is C=NN(CCCCCC)c1nc2cccnc2s1. The second-order valence-electron chi connectivity index (χ2n) is 4.15. The molecule has 18 heavy (non-hydrogen) atoms. The van der Waals surface area contributed by atoms with Gasteiger partial charge in [0, 0.05) is 19.5 Å². The van der Waals surface area contributed by atoms with Crippen molar-refractivity contribution in [1.82, 2.24) is 9.97 Å². The summed E-state index contributed by atoms with van der Waals surface area (Å²) in [6.45, 7) is 6.72. The number of rotatable bonds is 7. The predicted molar refractivity (Wildman–Crippen MR) is 78.5 cm³/mol. The molecule has 0 aliphatic carbocycles. The molecule has 0 aliphatic rings. The molecule has 2 heterocycles. The lowest BCUT2D eigenvalue weighted by atomic mass is 10.2. The Morgan fingerprint density at radius 1 is 1.39 bits per heavy atom. The van der Waals surface area contributed by atoms with E-state index >= 15 is 0 Å². The lowest BCUT2D eigenvalue weighted by Gasteiger charge is -2.14. The summed E-state index contributed by atoms with van der Waals surface area (Å²) in [6.07, 6.45) is 6.65. The molecule has 2 aromatic rings. The molecule has 0 unspecified atom stereocenters. The Labute approximate surface area is 111 Å². The van der Waals surface area contributed by atoms with E-state index in [-0.39, 0.29) is 0 Å². The van der Waals surface area contributed by atoms with Gasteiger partial charge in [-0.25, -0.2) is 15.0 Å². The normalized spacial score (nSPS) is 10.7. The standard InChI is InChI=1S/C13H18N4S/c1-3-4-5-6-10-17(14-2)13-16-11-8-7-9-15-12(11)18-13/h7-9H,2-6,10H2,1H3. The molecule has 0 aliphatic heterocycles. The summed E-state index contributed by atoms with van der Waals surface area (Å²) >= 11 is 1.56. The minimum Gasteiger partial charge on any atom is -0.244 e. The highest BCUT2D eigenvalue weighted by atomic mass is 32.1. The van der Waals surface area contributed by atoms with E-state index in [0.717, 1.165) is 28.4 Å². The summed E-state index contributed by atoms with van der Waals surface area (Å²) in [4.78, 5) is 9.78. The first kappa shape index (κ1) is 13.0. The van der Waals surface area contributed by atoms with Gasteiger partial charge < -0.3 is 0 Å². The van der Waals surface area contributed by atoms with Crippen molar-refractivity contribution < 1.29 is 0 Å². The van der Waals surface area contributed by atoms with E-state index in [0.29, 0.717) is 0 Å². The molecular formula is C13H18N4S. The van der Waals surface area contributed by atoms with Crippen LogP contribution in [0.15, 0.2) is 23.4 Å². The number of thiazole rings is 1. The van der Waals surface area contributed by atoms with Gasteiger partial charge in [-0.2, -0.15) is 5.10 Å². The minimum atomic E-state index is 0.878. The Bertz CT molecular complexity index is 475. The first-order chi connectivity index (χ1) is 8.85. The molecule has 5 heteroatoms. The second-order valence-corrected chi connectivity index (χ2v) is 5.11. The molecule has 0 amide bonds. The van der Waals surface area contributed by atoms with Gasteiger partial charge in [-0.3, -0.25) is 0 Å². The average Bonchev–Trinajstić information content (AvgIpc) is 2.82. The number of nitrogens with zero attached hydrogens (tertiary/aromatic N) is 4. The van der Waals surface area contributed by atoms with Gasteiger partial charge in [0.2, 0.25) is 5.13 Å². The fourth-order valence-corrected chi connectivity index (χ4v) is 2.69. The molecule has 2 rings (SSSR count). The Kier molecular flexibility index (Phi) is 4.64. The van der Waals surface area contributed by atoms with Gasteiger partial charge in [0.1, 0.15) is 10.3 Å². The van der Waals surface area contributed by atoms with E-state index < -0.39 is 0 Å². The molecule has 0 saturated heterocycles. The van der Waals surface area contributed by atoms with E-state index in [2.05, 4.69) is 28.7 Å². The lowest BCUT2D eigenvalue weighted by Crippen LogP contribution is -2.16. The zero-order valence-electron chi connectivity index (χ0n) is 10.7. The summed E-state index contributed by atoms with van der Waals surface area (Å²) in [7, 11) is 0. The third-order valence-electron chi connectivity index (χ3n) is 2.77. The van der Waals surface area contributed by atoms with Crippen molar-refractivity contribution in [3.05, 3.63) is 18.3 Å². The van der Waals surface area contributed by atoms with Crippen molar-refractivity contribution in [1.29, 1.82) is 0 Å². The van der Waals surface area contributed by atoms with Crippen LogP contribution in [-0.4, -0.2) is 23.2 Å². The van der Waals surface area contributed by atoms with Gasteiger partial charge >= 0.3 is 0 Å². The minimum absolute atomic E-state index is 0.878. The third-order valence-corrected chi connectivity index (χ3v) is 3.76. The van der Waals surface area contributed by atoms with Crippen LogP contribution >= 0.6 is 11.3 Å². The molecular weight excluding hydrogens is 244 g/mol. The number of anilines is 1. The van der Waals surface area contributed by atoms with Crippen molar-refractivity contribution in [2.24, 2.45) is 5.10 Å². The van der Waals surface area contributed by atoms with Crippen LogP contribution in [0.2, 0.25) is 0 Å². The summed E-state index contributed by atoms with van der Waals surface area (Å²) in [5, 5.41) is 6.82. The Morgan fingerprint density at radius 2 is 2.28 bits per heavy atom. The molecule has 4 nitrogen and oxygen atoms in total. The highest BCUT2D eigenvalue weighted by Crippen LogP contribution is 2.27. The fraction of sp³-hybridized carbons (Fsp3) is 0.462. The van der Waals surface area contributed by atoms with Gasteiger partial charge in [-0.1, -0.05) is 37.5 Å². The van der Waals surface area contributed by atoms with Crippen LogP contribution in [0.4, 0.5) is 5.13 Å². The van der Waals surface area contributed by atoms with Gasteiger partial charge in [-0.15, -0.1) is 0 Å². The number of pyridine rings is 1. The van der Waals surface area contributed by atoms with Gasteiger partial charge in [-0.05, 0) is 18.6 Å². The number of hydrazone groups is 1. The highest BCUT2D eigenvalue weighted by molar-refractivity contribution is 7.21. The Morgan fingerprint density at radius 3 is 3.00 bits per heavy atom. The number of hydrogen-bond acceptors (Lipinski definition) is 5. The van der Waals surface area contributed by atoms with Crippen LogP contribution in [0.1, 0.15) is 32.6 Å². The highest BCUT2D eigenvalue weighted by Gasteiger charge is 2.10. The molecule has 0 N–H and O–H groups in total. The number of hydrogen-bond donors (Lipinski definition) is 0. The fourth-order valence-electron chi connectivity index (χ4n) is 1.78. The first-order valence-corrected chi connectivity index (χ1v) is 7.12. The second kappa shape index (κ2) is 6.44. The summed E-state index contributed by atoms with van der Waals surface area (Å²) < 4.78 is 0. The maximum atomic E-state index is 4.53. The van der Waals surface area contributed by atoms with Crippen LogP contribution in [-0.2, 0) is 0 Å². The zero-order chi connectivity index (χ0) is 12.8. The van der Waals surface area contributed by atoms with E-state index in [9.17, 15) is 0 Å². The van der Waals surface area contributed by atoms with Gasteiger partial charge in [0.25, 0.3) is 0 Å². The largest absolute Gasteiger partial charge is 0.244 e. The molecule has 0 radical (unpaired) electrons. The third kappa shape index (κ3) is 3.04. The van der Waals surface area contributed by atoms with Crippen molar-refractivity contribution in [2.45, 2.75) is 32.6 Å². The van der Waals surface area contributed by atoms with Crippen molar-refractivity contribution >= 4 is 33.5 Å². The number of fused-ring (bicyclic) bond motifs is 1. The maximum absolute atomic E-state index is 4.53. The molecule has 0 fully saturated rings. The average molecular weight is 262 g/mol. The Hall–Kier alpha value is -1.49. The molecule has 0 atom stereocenters. The molecule has 0 spiro atoms. The van der Waals surface area contributed by atoms with E-state index in [1.807, 2.05) is 17.1 Å². The van der Waals surface area contributed by atoms with Gasteiger partial charge in [0.05, 0.1) is 0 Å². The van der Waals surface area contributed by atoms with E-state index in [1.165, 1.54) is 19.3 Å². The lowest BCUT2D eigenvalue weighted by molar-refractivity contribution is 0.652. The quantitative estimate of drug-likeness (QED) is 0.434. The molecule has 0 aromatic carbocycles. The molecule has 0 saturated carbocycles. The van der Waals surface area contributed by atoms with Crippen molar-refractivity contribution in [3.63, 3.8) is 0 Å². The smallest absolute Gasteiger partial charge is 0.208 e. The number of aromatic nitrogens is 2. The van der Waals surface area contributed by atoms with Crippen molar-refractivity contribution in [2.75, 3.05) is 11.6 Å². The summed E-state index contributed by atoms with van der Waals surface area (Å²) in [6, 6.07) is 3.87. The van der Waals surface area contributed by atoms with Crippen molar-refractivity contribution in [3.8, 4) is 0 Å². The monoisotopic (exact) mass is 262 g/mol. The van der Waals surface area contributed by atoms with Crippen LogP contribution < -0.4 is 5.01 Å².